The Morgan fingerprint density at radius 3 is 2.56 bits per heavy atom. The molecule has 0 unspecified atom stereocenters. The van der Waals surface area contributed by atoms with Gasteiger partial charge in [0.15, 0.2) is 0 Å². The lowest BCUT2D eigenvalue weighted by molar-refractivity contribution is 0.0934. The monoisotopic (exact) mass is 250 g/mol. The Morgan fingerprint density at radius 1 is 1.22 bits per heavy atom. The van der Waals surface area contributed by atoms with E-state index in [4.69, 9.17) is 5.73 Å². The average Bonchev–Trinajstić information content (AvgIpc) is 2.61. The highest BCUT2D eigenvalue weighted by atomic mass is 19.1. The Labute approximate surface area is 107 Å². The summed E-state index contributed by atoms with van der Waals surface area (Å²) >= 11 is 0. The highest BCUT2D eigenvalue weighted by Crippen LogP contribution is 2.19. The Morgan fingerprint density at radius 2 is 1.89 bits per heavy atom. The van der Waals surface area contributed by atoms with Crippen LogP contribution < -0.4 is 11.1 Å². The largest absolute Gasteiger partial charge is 0.396 e. The molecule has 0 atom stereocenters. The van der Waals surface area contributed by atoms with E-state index in [-0.39, 0.29) is 23.2 Å². The van der Waals surface area contributed by atoms with Crippen molar-refractivity contribution in [1.29, 1.82) is 0 Å². The Hall–Kier alpha value is -1.58. The van der Waals surface area contributed by atoms with Crippen LogP contribution >= 0.6 is 0 Å². The van der Waals surface area contributed by atoms with Gasteiger partial charge in [-0.2, -0.15) is 0 Å². The first-order chi connectivity index (χ1) is 8.68. The van der Waals surface area contributed by atoms with Gasteiger partial charge >= 0.3 is 0 Å². The summed E-state index contributed by atoms with van der Waals surface area (Å²) in [5.41, 5.74) is 5.75. The number of rotatable bonds is 2. The van der Waals surface area contributed by atoms with Crippen molar-refractivity contribution in [3.8, 4) is 0 Å². The third-order valence-corrected chi connectivity index (χ3v) is 3.49. The van der Waals surface area contributed by atoms with Gasteiger partial charge in [0.25, 0.3) is 5.91 Å². The fourth-order valence-electron chi connectivity index (χ4n) is 2.42. The summed E-state index contributed by atoms with van der Waals surface area (Å²) in [7, 11) is 0. The lowest BCUT2D eigenvalue weighted by atomic mass is 10.1. The molecular formula is C14H19FN2O. The van der Waals surface area contributed by atoms with E-state index in [1.807, 2.05) is 0 Å². The molecule has 3 nitrogen and oxygen atoms in total. The average molecular weight is 250 g/mol. The number of hydrogen-bond acceptors (Lipinski definition) is 2. The van der Waals surface area contributed by atoms with Gasteiger partial charge in [0.2, 0.25) is 0 Å². The van der Waals surface area contributed by atoms with Gasteiger partial charge in [-0.05, 0) is 25.0 Å². The van der Waals surface area contributed by atoms with Crippen molar-refractivity contribution in [2.24, 2.45) is 0 Å². The highest BCUT2D eigenvalue weighted by molar-refractivity contribution is 5.99. The first kappa shape index (κ1) is 12.9. The van der Waals surface area contributed by atoms with E-state index < -0.39 is 5.82 Å². The van der Waals surface area contributed by atoms with Crippen molar-refractivity contribution in [2.75, 3.05) is 5.73 Å². The van der Waals surface area contributed by atoms with Gasteiger partial charge in [0.1, 0.15) is 5.82 Å². The Kier molecular flexibility index (Phi) is 4.18. The molecule has 0 radical (unpaired) electrons. The molecule has 3 N–H and O–H groups in total. The van der Waals surface area contributed by atoms with Crippen LogP contribution in [0.5, 0.6) is 0 Å². The SMILES string of the molecule is Nc1c(F)cccc1C(=O)NC1CCCCCC1. The third-order valence-electron chi connectivity index (χ3n) is 3.49. The van der Waals surface area contributed by atoms with E-state index in [9.17, 15) is 9.18 Å². The molecule has 0 aromatic heterocycles. The van der Waals surface area contributed by atoms with Gasteiger partial charge < -0.3 is 11.1 Å². The highest BCUT2D eigenvalue weighted by Gasteiger charge is 2.18. The van der Waals surface area contributed by atoms with Crippen LogP contribution in [-0.4, -0.2) is 11.9 Å². The molecule has 1 saturated carbocycles. The zero-order valence-electron chi connectivity index (χ0n) is 10.4. The first-order valence-corrected chi connectivity index (χ1v) is 6.53. The Balaban J connectivity index is 2.04. The van der Waals surface area contributed by atoms with Gasteiger partial charge in [0.05, 0.1) is 11.3 Å². The topological polar surface area (TPSA) is 55.1 Å². The molecule has 0 aliphatic heterocycles. The zero-order chi connectivity index (χ0) is 13.0. The molecule has 0 heterocycles. The number of nitrogens with two attached hydrogens (primary N) is 1. The van der Waals surface area contributed by atoms with Crippen molar-refractivity contribution in [2.45, 2.75) is 44.6 Å². The van der Waals surface area contributed by atoms with Crippen molar-refractivity contribution in [1.82, 2.24) is 5.32 Å². The number of nitrogen functional groups attached to an aromatic ring is 1. The predicted molar refractivity (Wildman–Crippen MR) is 69.8 cm³/mol. The van der Waals surface area contributed by atoms with Crippen LogP contribution in [-0.2, 0) is 0 Å². The van der Waals surface area contributed by atoms with E-state index in [0.717, 1.165) is 25.7 Å². The molecule has 1 fully saturated rings. The molecular weight excluding hydrogens is 231 g/mol. The van der Waals surface area contributed by atoms with Crippen LogP contribution in [0, 0.1) is 5.82 Å². The van der Waals surface area contributed by atoms with E-state index in [1.165, 1.54) is 25.0 Å². The number of carbonyl (C=O) groups excluding carboxylic acids is 1. The van der Waals surface area contributed by atoms with Crippen LogP contribution in [0.15, 0.2) is 18.2 Å². The number of halogens is 1. The van der Waals surface area contributed by atoms with Crippen molar-refractivity contribution in [3.05, 3.63) is 29.6 Å². The first-order valence-electron chi connectivity index (χ1n) is 6.53. The zero-order valence-corrected chi connectivity index (χ0v) is 10.4. The van der Waals surface area contributed by atoms with Gasteiger partial charge in [-0.3, -0.25) is 4.79 Å². The number of amides is 1. The van der Waals surface area contributed by atoms with Crippen molar-refractivity contribution >= 4 is 11.6 Å². The molecule has 0 bridgehead atoms. The lowest BCUT2D eigenvalue weighted by Gasteiger charge is -2.17. The summed E-state index contributed by atoms with van der Waals surface area (Å²) in [5.74, 6) is -0.803. The van der Waals surface area contributed by atoms with Crippen LogP contribution in [0.1, 0.15) is 48.9 Å². The standard InChI is InChI=1S/C14H19FN2O/c15-12-9-5-8-11(13(12)16)14(18)17-10-6-3-1-2-4-7-10/h5,8-10H,1-4,6-7,16H2,(H,17,18). The molecule has 0 saturated heterocycles. The second-order valence-corrected chi connectivity index (χ2v) is 4.86. The molecule has 2 rings (SSSR count). The number of benzene rings is 1. The maximum absolute atomic E-state index is 13.3. The molecule has 0 spiro atoms. The number of nitrogens with one attached hydrogen (secondary N) is 1. The minimum atomic E-state index is -0.538. The maximum Gasteiger partial charge on any atom is 0.253 e. The van der Waals surface area contributed by atoms with E-state index in [1.54, 1.807) is 6.07 Å². The van der Waals surface area contributed by atoms with E-state index in [2.05, 4.69) is 5.32 Å². The predicted octanol–water partition coefficient (Wildman–Crippen LogP) is 2.86. The molecule has 1 aromatic rings. The summed E-state index contributed by atoms with van der Waals surface area (Å²) in [4.78, 5) is 12.0. The minimum Gasteiger partial charge on any atom is -0.396 e. The number of hydrogen-bond donors (Lipinski definition) is 2. The molecule has 1 aliphatic rings. The van der Waals surface area contributed by atoms with Crippen molar-refractivity contribution in [3.63, 3.8) is 0 Å². The van der Waals surface area contributed by atoms with E-state index >= 15 is 0 Å². The van der Waals surface area contributed by atoms with Gasteiger partial charge in [-0.15, -0.1) is 0 Å². The lowest BCUT2D eigenvalue weighted by Crippen LogP contribution is -2.34. The normalized spacial score (nSPS) is 17.2. The minimum absolute atomic E-state index is 0.0661. The summed E-state index contributed by atoms with van der Waals surface area (Å²) in [6.07, 6.45) is 6.75. The van der Waals surface area contributed by atoms with Crippen LogP contribution in [0.4, 0.5) is 10.1 Å². The van der Waals surface area contributed by atoms with Crippen LogP contribution in [0.2, 0.25) is 0 Å². The molecule has 18 heavy (non-hydrogen) atoms. The van der Waals surface area contributed by atoms with Gasteiger partial charge in [-0.25, -0.2) is 4.39 Å². The molecule has 1 amide bonds. The summed E-state index contributed by atoms with van der Waals surface area (Å²) < 4.78 is 13.3. The van der Waals surface area contributed by atoms with Gasteiger partial charge in [-0.1, -0.05) is 31.7 Å². The fourth-order valence-corrected chi connectivity index (χ4v) is 2.42. The number of anilines is 1. The third kappa shape index (κ3) is 3.00. The second-order valence-electron chi connectivity index (χ2n) is 4.86. The Bertz CT molecular complexity index is 426. The van der Waals surface area contributed by atoms with Crippen LogP contribution in [0.3, 0.4) is 0 Å². The summed E-state index contributed by atoms with van der Waals surface area (Å²) in [6, 6.07) is 4.53. The van der Waals surface area contributed by atoms with E-state index in [0.29, 0.717) is 0 Å². The van der Waals surface area contributed by atoms with Gasteiger partial charge in [0, 0.05) is 6.04 Å². The maximum atomic E-state index is 13.3. The quantitative estimate of drug-likeness (QED) is 0.626. The summed E-state index contributed by atoms with van der Waals surface area (Å²) in [6.45, 7) is 0. The molecule has 98 valence electrons. The smallest absolute Gasteiger partial charge is 0.253 e. The molecule has 1 aliphatic carbocycles. The fraction of sp³-hybridized carbons (Fsp3) is 0.500. The number of para-hydroxylation sites is 1. The molecule has 4 heteroatoms. The summed E-state index contributed by atoms with van der Waals surface area (Å²) in [5, 5.41) is 2.96. The molecule has 1 aromatic carbocycles. The van der Waals surface area contributed by atoms with Crippen LogP contribution in [0.25, 0.3) is 0 Å². The number of carbonyl (C=O) groups is 1. The van der Waals surface area contributed by atoms with Crippen molar-refractivity contribution < 1.29 is 9.18 Å². The second kappa shape index (κ2) is 5.85.